The third-order valence-electron chi connectivity index (χ3n) is 2.34. The van der Waals surface area contributed by atoms with Crippen molar-refractivity contribution in [3.05, 3.63) is 23.8 Å². The van der Waals surface area contributed by atoms with Crippen molar-refractivity contribution in [1.29, 1.82) is 0 Å². The number of anilines is 1. The van der Waals surface area contributed by atoms with Crippen LogP contribution in [0.5, 0.6) is 5.75 Å². The lowest BCUT2D eigenvalue weighted by molar-refractivity contribution is 0.415. The molecule has 0 aliphatic carbocycles. The molecule has 1 heterocycles. The van der Waals surface area contributed by atoms with Gasteiger partial charge in [-0.25, -0.2) is 0 Å². The number of thiophene rings is 1. The Hall–Kier alpha value is -1.22. The summed E-state index contributed by atoms with van der Waals surface area (Å²) in [6, 6.07) is 6.20. The summed E-state index contributed by atoms with van der Waals surface area (Å²) in [6.07, 6.45) is 0.981. The zero-order valence-electron chi connectivity index (χ0n) is 8.33. The monoisotopic (exact) mass is 207 g/mol. The summed E-state index contributed by atoms with van der Waals surface area (Å²) in [5.41, 5.74) is 7.00. The van der Waals surface area contributed by atoms with Crippen LogP contribution in [-0.2, 0) is 6.42 Å². The molecule has 74 valence electrons. The van der Waals surface area contributed by atoms with E-state index in [1.54, 1.807) is 18.4 Å². The van der Waals surface area contributed by atoms with E-state index in [-0.39, 0.29) is 0 Å². The van der Waals surface area contributed by atoms with Crippen molar-refractivity contribution < 1.29 is 4.74 Å². The summed E-state index contributed by atoms with van der Waals surface area (Å²) < 4.78 is 6.61. The molecule has 0 aliphatic rings. The van der Waals surface area contributed by atoms with Gasteiger partial charge >= 0.3 is 0 Å². The van der Waals surface area contributed by atoms with E-state index in [0.717, 1.165) is 22.6 Å². The predicted molar refractivity (Wildman–Crippen MR) is 62.2 cm³/mol. The second-order valence-electron chi connectivity index (χ2n) is 3.17. The van der Waals surface area contributed by atoms with Crippen LogP contribution in [0.1, 0.15) is 12.5 Å². The summed E-state index contributed by atoms with van der Waals surface area (Å²) in [5, 5.41) is 1.97. The summed E-state index contributed by atoms with van der Waals surface area (Å²) in [6.45, 7) is 2.12. The van der Waals surface area contributed by atoms with Crippen LogP contribution in [0, 0.1) is 0 Å². The highest BCUT2D eigenvalue weighted by Crippen LogP contribution is 2.36. The molecule has 1 aromatic carbocycles. The third kappa shape index (κ3) is 1.34. The fraction of sp³-hybridized carbons (Fsp3) is 0.273. The number of aryl methyl sites for hydroxylation is 1. The molecule has 0 saturated carbocycles. The number of benzene rings is 1. The van der Waals surface area contributed by atoms with Crippen molar-refractivity contribution in [2.75, 3.05) is 12.8 Å². The predicted octanol–water partition coefficient (Wildman–Crippen LogP) is 3.05. The van der Waals surface area contributed by atoms with E-state index in [2.05, 4.69) is 19.1 Å². The minimum atomic E-state index is 0.839. The Balaban J connectivity index is 2.75. The van der Waals surface area contributed by atoms with Gasteiger partial charge in [0.15, 0.2) is 0 Å². The number of rotatable bonds is 2. The third-order valence-corrected chi connectivity index (χ3v) is 3.27. The lowest BCUT2D eigenvalue weighted by Gasteiger charge is -2.07. The van der Waals surface area contributed by atoms with E-state index < -0.39 is 0 Å². The number of ether oxygens (including phenoxy) is 1. The quantitative estimate of drug-likeness (QED) is 0.821. The van der Waals surface area contributed by atoms with E-state index in [1.165, 1.54) is 10.3 Å². The summed E-state index contributed by atoms with van der Waals surface area (Å²) in [4.78, 5) is 0. The Labute approximate surface area is 87.3 Å². The van der Waals surface area contributed by atoms with Crippen LogP contribution in [0.3, 0.4) is 0 Å². The molecule has 0 fully saturated rings. The van der Waals surface area contributed by atoms with E-state index >= 15 is 0 Å². The van der Waals surface area contributed by atoms with Gasteiger partial charge < -0.3 is 10.5 Å². The Kier molecular flexibility index (Phi) is 2.33. The van der Waals surface area contributed by atoms with Crippen LogP contribution >= 0.6 is 11.3 Å². The molecule has 2 nitrogen and oxygen atoms in total. The maximum Gasteiger partial charge on any atom is 0.130 e. The first-order valence-corrected chi connectivity index (χ1v) is 5.42. The molecule has 0 unspecified atom stereocenters. The van der Waals surface area contributed by atoms with Gasteiger partial charge in [-0.05, 0) is 24.1 Å². The van der Waals surface area contributed by atoms with Gasteiger partial charge in [0, 0.05) is 10.1 Å². The van der Waals surface area contributed by atoms with Gasteiger partial charge in [-0.1, -0.05) is 13.0 Å². The standard InChI is InChI=1S/C11H13NOS/c1-3-7-4-5-9-8(11(7)13-2)6-10(12)14-9/h4-6H,3,12H2,1-2H3. The average Bonchev–Trinajstić information content (AvgIpc) is 2.56. The molecule has 0 bridgehead atoms. The molecule has 2 rings (SSSR count). The molecule has 0 amide bonds. The van der Waals surface area contributed by atoms with Crippen molar-refractivity contribution in [1.82, 2.24) is 0 Å². The zero-order valence-corrected chi connectivity index (χ0v) is 9.15. The van der Waals surface area contributed by atoms with Crippen molar-refractivity contribution in [3.8, 4) is 5.75 Å². The van der Waals surface area contributed by atoms with Gasteiger partial charge in [-0.15, -0.1) is 11.3 Å². The van der Waals surface area contributed by atoms with Gasteiger partial charge in [-0.3, -0.25) is 0 Å². The lowest BCUT2D eigenvalue weighted by atomic mass is 10.1. The van der Waals surface area contributed by atoms with Gasteiger partial charge in [-0.2, -0.15) is 0 Å². The molecule has 0 spiro atoms. The first-order valence-electron chi connectivity index (χ1n) is 4.61. The maximum absolute atomic E-state index is 5.77. The highest BCUT2D eigenvalue weighted by atomic mass is 32.1. The molecule has 2 N–H and O–H groups in total. The molecule has 0 radical (unpaired) electrons. The van der Waals surface area contributed by atoms with E-state index in [1.807, 2.05) is 6.07 Å². The SMILES string of the molecule is CCc1ccc2sc(N)cc2c1OC. The summed E-state index contributed by atoms with van der Waals surface area (Å²) in [5.74, 6) is 0.970. The smallest absolute Gasteiger partial charge is 0.130 e. The Morgan fingerprint density at radius 3 is 2.86 bits per heavy atom. The maximum atomic E-state index is 5.77. The Morgan fingerprint density at radius 1 is 1.43 bits per heavy atom. The first kappa shape index (κ1) is 9.34. The highest BCUT2D eigenvalue weighted by molar-refractivity contribution is 7.22. The Morgan fingerprint density at radius 2 is 2.21 bits per heavy atom. The molecule has 0 saturated heterocycles. The molecule has 1 aromatic heterocycles. The average molecular weight is 207 g/mol. The van der Waals surface area contributed by atoms with E-state index in [4.69, 9.17) is 10.5 Å². The fourth-order valence-electron chi connectivity index (χ4n) is 1.67. The van der Waals surface area contributed by atoms with Gasteiger partial charge in [0.25, 0.3) is 0 Å². The number of nitrogens with two attached hydrogens (primary N) is 1. The van der Waals surface area contributed by atoms with Gasteiger partial charge in [0.1, 0.15) is 5.75 Å². The minimum absolute atomic E-state index is 0.839. The molecular formula is C11H13NOS. The molecule has 14 heavy (non-hydrogen) atoms. The van der Waals surface area contributed by atoms with Gasteiger partial charge in [0.2, 0.25) is 0 Å². The van der Waals surface area contributed by atoms with Crippen LogP contribution < -0.4 is 10.5 Å². The van der Waals surface area contributed by atoms with Crippen LogP contribution in [0.25, 0.3) is 10.1 Å². The number of methoxy groups -OCH3 is 1. The normalized spacial score (nSPS) is 10.7. The number of fused-ring (bicyclic) bond motifs is 1. The molecule has 0 aliphatic heterocycles. The molecule has 3 heteroatoms. The van der Waals surface area contributed by atoms with E-state index in [0.29, 0.717) is 0 Å². The molecular weight excluding hydrogens is 194 g/mol. The molecule has 0 atom stereocenters. The largest absolute Gasteiger partial charge is 0.496 e. The lowest BCUT2D eigenvalue weighted by Crippen LogP contribution is -1.90. The topological polar surface area (TPSA) is 35.2 Å². The number of hydrogen-bond acceptors (Lipinski definition) is 3. The van der Waals surface area contributed by atoms with E-state index in [9.17, 15) is 0 Å². The second kappa shape index (κ2) is 3.50. The summed E-state index contributed by atoms with van der Waals surface area (Å²) >= 11 is 1.60. The van der Waals surface area contributed by atoms with Crippen LogP contribution in [0.15, 0.2) is 18.2 Å². The second-order valence-corrected chi connectivity index (χ2v) is 4.29. The number of nitrogen functional groups attached to an aromatic ring is 1. The van der Waals surface area contributed by atoms with Crippen LogP contribution in [-0.4, -0.2) is 7.11 Å². The van der Waals surface area contributed by atoms with Gasteiger partial charge in [0.05, 0.1) is 12.1 Å². The number of hydrogen-bond donors (Lipinski definition) is 1. The van der Waals surface area contributed by atoms with Crippen molar-refractivity contribution in [2.24, 2.45) is 0 Å². The van der Waals surface area contributed by atoms with Crippen molar-refractivity contribution in [2.45, 2.75) is 13.3 Å². The van der Waals surface area contributed by atoms with Crippen molar-refractivity contribution in [3.63, 3.8) is 0 Å². The van der Waals surface area contributed by atoms with Crippen molar-refractivity contribution >= 4 is 26.4 Å². The van der Waals surface area contributed by atoms with Crippen LogP contribution in [0.4, 0.5) is 5.00 Å². The molecule has 2 aromatic rings. The fourth-order valence-corrected chi connectivity index (χ4v) is 2.50. The minimum Gasteiger partial charge on any atom is -0.496 e. The highest BCUT2D eigenvalue weighted by Gasteiger charge is 2.08. The summed E-state index contributed by atoms with van der Waals surface area (Å²) in [7, 11) is 1.71. The zero-order chi connectivity index (χ0) is 10.1. The Bertz CT molecular complexity index is 462. The van der Waals surface area contributed by atoms with Crippen LogP contribution in [0.2, 0.25) is 0 Å². The first-order chi connectivity index (χ1) is 6.76.